The smallest absolute Gasteiger partial charge is 0.344 e. The molecule has 0 aliphatic carbocycles. The van der Waals surface area contributed by atoms with Crippen LogP contribution in [0.15, 0.2) is 60.7 Å². The number of ether oxygens (including phenoxy) is 2. The molecule has 0 fully saturated rings. The molecular weight excluding hydrogens is 376 g/mol. The molecule has 3 rings (SSSR count). The second-order valence-electron chi connectivity index (χ2n) is 6.23. The van der Waals surface area contributed by atoms with Gasteiger partial charge in [-0.05, 0) is 30.0 Å². The Bertz CT molecular complexity index is 1070. The number of nitro benzene ring substituents is 1. The van der Waals surface area contributed by atoms with Crippen LogP contribution in [0.4, 0.5) is 11.4 Å². The molecule has 0 spiro atoms. The highest BCUT2D eigenvalue weighted by Gasteiger charge is 2.13. The number of non-ortho nitro benzene ring substituents is 1. The Kier molecular flexibility index (Phi) is 6.03. The van der Waals surface area contributed by atoms with Crippen molar-refractivity contribution in [2.45, 2.75) is 6.92 Å². The third-order valence-electron chi connectivity index (χ3n) is 4.15. The van der Waals surface area contributed by atoms with Crippen LogP contribution in [0.2, 0.25) is 0 Å². The average Bonchev–Trinajstić information content (AvgIpc) is 2.72. The number of fused-ring (bicyclic) bond motifs is 1. The lowest BCUT2D eigenvalue weighted by Crippen LogP contribution is -2.24. The van der Waals surface area contributed by atoms with Crippen LogP contribution in [0.25, 0.3) is 10.8 Å². The Labute approximate surface area is 166 Å². The molecular formula is C21H18N2O6. The van der Waals surface area contributed by atoms with Gasteiger partial charge in [0, 0.05) is 23.2 Å². The van der Waals surface area contributed by atoms with Crippen molar-refractivity contribution in [3.63, 3.8) is 0 Å². The maximum Gasteiger partial charge on any atom is 0.344 e. The van der Waals surface area contributed by atoms with Crippen LogP contribution in [0.3, 0.4) is 0 Å². The second-order valence-corrected chi connectivity index (χ2v) is 6.23. The minimum Gasteiger partial charge on any atom is -0.481 e. The van der Waals surface area contributed by atoms with E-state index in [0.29, 0.717) is 17.0 Å². The van der Waals surface area contributed by atoms with Crippen LogP contribution in [0.5, 0.6) is 5.75 Å². The SMILES string of the molecule is Cc1cc([N+](=O)[O-])ccc1NC(=O)COC(=O)COc1cccc2ccccc12. The fourth-order valence-electron chi connectivity index (χ4n) is 2.73. The van der Waals surface area contributed by atoms with Gasteiger partial charge in [0.25, 0.3) is 11.6 Å². The third-order valence-corrected chi connectivity index (χ3v) is 4.15. The van der Waals surface area contributed by atoms with Gasteiger partial charge in [-0.25, -0.2) is 4.79 Å². The van der Waals surface area contributed by atoms with Gasteiger partial charge in [0.15, 0.2) is 13.2 Å². The highest BCUT2D eigenvalue weighted by atomic mass is 16.6. The van der Waals surface area contributed by atoms with Gasteiger partial charge in [-0.15, -0.1) is 0 Å². The van der Waals surface area contributed by atoms with E-state index in [1.165, 1.54) is 18.2 Å². The molecule has 3 aromatic rings. The summed E-state index contributed by atoms with van der Waals surface area (Å²) in [4.78, 5) is 34.1. The number of amides is 1. The Hall–Kier alpha value is -3.94. The Balaban J connectivity index is 1.50. The van der Waals surface area contributed by atoms with Gasteiger partial charge in [-0.2, -0.15) is 0 Å². The molecule has 0 aliphatic rings. The van der Waals surface area contributed by atoms with Crippen LogP contribution in [0, 0.1) is 17.0 Å². The number of nitro groups is 1. The molecule has 0 saturated carbocycles. The van der Waals surface area contributed by atoms with E-state index in [1.54, 1.807) is 13.0 Å². The molecule has 29 heavy (non-hydrogen) atoms. The topological polar surface area (TPSA) is 108 Å². The van der Waals surface area contributed by atoms with E-state index in [1.807, 2.05) is 36.4 Å². The zero-order chi connectivity index (χ0) is 20.8. The van der Waals surface area contributed by atoms with E-state index >= 15 is 0 Å². The quantitative estimate of drug-likeness (QED) is 0.373. The van der Waals surface area contributed by atoms with Crippen molar-refractivity contribution in [2.24, 2.45) is 0 Å². The fourth-order valence-corrected chi connectivity index (χ4v) is 2.73. The van der Waals surface area contributed by atoms with Gasteiger partial charge in [0.2, 0.25) is 0 Å². The summed E-state index contributed by atoms with van der Waals surface area (Å²) in [5.41, 5.74) is 0.860. The number of aryl methyl sites for hydroxylation is 1. The van der Waals surface area contributed by atoms with Crippen LogP contribution >= 0.6 is 0 Å². The van der Waals surface area contributed by atoms with Crippen molar-refractivity contribution in [1.29, 1.82) is 0 Å². The summed E-state index contributed by atoms with van der Waals surface area (Å²) in [5, 5.41) is 15.2. The van der Waals surface area contributed by atoms with Gasteiger partial charge in [-0.1, -0.05) is 36.4 Å². The highest BCUT2D eigenvalue weighted by molar-refractivity contribution is 5.93. The summed E-state index contributed by atoms with van der Waals surface area (Å²) in [5.74, 6) is -0.694. The molecule has 0 unspecified atom stereocenters. The first kappa shape index (κ1) is 19.8. The Morgan fingerprint density at radius 2 is 1.79 bits per heavy atom. The lowest BCUT2D eigenvalue weighted by atomic mass is 10.1. The van der Waals surface area contributed by atoms with Gasteiger partial charge < -0.3 is 14.8 Å². The van der Waals surface area contributed by atoms with Crippen molar-refractivity contribution < 1.29 is 24.0 Å². The molecule has 0 aromatic heterocycles. The normalized spacial score (nSPS) is 10.4. The number of nitrogens with one attached hydrogen (secondary N) is 1. The molecule has 148 valence electrons. The Morgan fingerprint density at radius 3 is 2.55 bits per heavy atom. The van der Waals surface area contributed by atoms with E-state index < -0.39 is 23.4 Å². The van der Waals surface area contributed by atoms with Gasteiger partial charge in [0.05, 0.1) is 4.92 Å². The first-order chi connectivity index (χ1) is 13.9. The first-order valence-corrected chi connectivity index (χ1v) is 8.75. The number of benzene rings is 3. The Morgan fingerprint density at radius 1 is 1.03 bits per heavy atom. The molecule has 8 nitrogen and oxygen atoms in total. The molecule has 0 radical (unpaired) electrons. The van der Waals surface area contributed by atoms with Crippen molar-refractivity contribution in [1.82, 2.24) is 0 Å². The standard InChI is InChI=1S/C21H18N2O6/c1-14-11-16(23(26)27)9-10-18(14)22-20(24)12-29-21(25)13-28-19-8-4-6-15-5-2-3-7-17(15)19/h2-11H,12-13H2,1H3,(H,22,24). The number of anilines is 1. The number of nitrogens with zero attached hydrogens (tertiary/aromatic N) is 1. The van der Waals surface area contributed by atoms with Crippen molar-refractivity contribution >= 4 is 34.0 Å². The number of carbonyl (C=O) groups is 2. The first-order valence-electron chi connectivity index (χ1n) is 8.75. The molecule has 0 saturated heterocycles. The lowest BCUT2D eigenvalue weighted by Gasteiger charge is -2.10. The lowest BCUT2D eigenvalue weighted by molar-refractivity contribution is -0.384. The second kappa shape index (κ2) is 8.83. The molecule has 0 bridgehead atoms. The number of hydrogen-bond donors (Lipinski definition) is 1. The van der Waals surface area contributed by atoms with Gasteiger partial charge >= 0.3 is 5.97 Å². The molecule has 0 atom stereocenters. The monoisotopic (exact) mass is 394 g/mol. The van der Waals surface area contributed by atoms with Crippen LogP contribution < -0.4 is 10.1 Å². The summed E-state index contributed by atoms with van der Waals surface area (Å²) in [6, 6.07) is 17.2. The maximum absolute atomic E-state index is 12.0. The minimum absolute atomic E-state index is 0.0717. The van der Waals surface area contributed by atoms with Crippen molar-refractivity contribution in [2.75, 3.05) is 18.5 Å². The predicted molar refractivity (Wildman–Crippen MR) is 107 cm³/mol. The highest BCUT2D eigenvalue weighted by Crippen LogP contribution is 2.25. The molecule has 8 heteroatoms. The zero-order valence-electron chi connectivity index (χ0n) is 15.6. The maximum atomic E-state index is 12.0. The van der Waals surface area contributed by atoms with Crippen LogP contribution in [0.1, 0.15) is 5.56 Å². The van der Waals surface area contributed by atoms with Crippen LogP contribution in [-0.2, 0) is 14.3 Å². The summed E-state index contributed by atoms with van der Waals surface area (Å²) in [6.45, 7) is 0.804. The third kappa shape index (κ3) is 5.07. The number of carbonyl (C=O) groups excluding carboxylic acids is 2. The summed E-state index contributed by atoms with van der Waals surface area (Å²) < 4.78 is 10.4. The van der Waals surface area contributed by atoms with Crippen molar-refractivity contribution in [3.05, 3.63) is 76.3 Å². The number of hydrogen-bond acceptors (Lipinski definition) is 6. The van der Waals surface area contributed by atoms with E-state index in [4.69, 9.17) is 9.47 Å². The number of esters is 1. The summed E-state index contributed by atoms with van der Waals surface area (Å²) >= 11 is 0. The molecule has 1 N–H and O–H groups in total. The average molecular weight is 394 g/mol. The summed E-state index contributed by atoms with van der Waals surface area (Å²) in [6.07, 6.45) is 0. The van der Waals surface area contributed by atoms with E-state index in [2.05, 4.69) is 5.32 Å². The van der Waals surface area contributed by atoms with Crippen molar-refractivity contribution in [3.8, 4) is 5.75 Å². The predicted octanol–water partition coefficient (Wildman–Crippen LogP) is 3.62. The summed E-state index contributed by atoms with van der Waals surface area (Å²) in [7, 11) is 0. The number of rotatable bonds is 7. The van der Waals surface area contributed by atoms with Gasteiger partial charge in [-0.3, -0.25) is 14.9 Å². The van der Waals surface area contributed by atoms with E-state index in [0.717, 1.165) is 10.8 Å². The van der Waals surface area contributed by atoms with Gasteiger partial charge in [0.1, 0.15) is 5.75 Å². The van der Waals surface area contributed by atoms with E-state index in [-0.39, 0.29) is 12.3 Å². The molecule has 0 aliphatic heterocycles. The van der Waals surface area contributed by atoms with E-state index in [9.17, 15) is 19.7 Å². The largest absolute Gasteiger partial charge is 0.481 e. The molecule has 0 heterocycles. The molecule has 3 aromatic carbocycles. The van der Waals surface area contributed by atoms with Crippen LogP contribution in [-0.4, -0.2) is 30.0 Å². The zero-order valence-corrected chi connectivity index (χ0v) is 15.6. The minimum atomic E-state index is -0.687. The molecule has 1 amide bonds. The fraction of sp³-hybridized carbons (Fsp3) is 0.143.